The van der Waals surface area contributed by atoms with Gasteiger partial charge in [0.1, 0.15) is 16.7 Å². The summed E-state index contributed by atoms with van der Waals surface area (Å²) in [6.07, 6.45) is 9.03. The van der Waals surface area contributed by atoms with E-state index in [1.165, 1.54) is 36.8 Å². The fourth-order valence-corrected chi connectivity index (χ4v) is 2.66. The van der Waals surface area contributed by atoms with Gasteiger partial charge in [-0.2, -0.15) is 0 Å². The molecule has 2 aromatic heterocycles. The van der Waals surface area contributed by atoms with Crippen LogP contribution in [0, 0.1) is 4.64 Å². The van der Waals surface area contributed by atoms with Crippen LogP contribution < -0.4 is 0 Å². The molecule has 18 heavy (non-hydrogen) atoms. The van der Waals surface area contributed by atoms with E-state index < -0.39 is 0 Å². The zero-order valence-electron chi connectivity index (χ0n) is 10.0. The predicted molar refractivity (Wildman–Crippen MR) is 71.7 cm³/mol. The average molecular weight is 258 g/mol. The van der Waals surface area contributed by atoms with Gasteiger partial charge in [-0.15, -0.1) is 0 Å². The first kappa shape index (κ1) is 11.5. The van der Waals surface area contributed by atoms with E-state index in [0.717, 1.165) is 29.0 Å². The number of nitrogens with one attached hydrogen (secondary N) is 1. The Morgan fingerprint density at radius 2 is 2.06 bits per heavy atom. The lowest BCUT2D eigenvalue weighted by molar-refractivity contribution is 0.708. The lowest BCUT2D eigenvalue weighted by Gasteiger charge is -2.08. The molecular formula is C13H14N4S. The predicted octanol–water partition coefficient (Wildman–Crippen LogP) is 2.87. The quantitative estimate of drug-likeness (QED) is 0.631. The molecule has 92 valence electrons. The third-order valence-corrected chi connectivity index (χ3v) is 3.62. The topological polar surface area (TPSA) is 54.5 Å². The second kappa shape index (κ2) is 4.94. The highest BCUT2D eigenvalue weighted by molar-refractivity contribution is 7.71. The highest BCUT2D eigenvalue weighted by atomic mass is 32.1. The van der Waals surface area contributed by atoms with E-state index >= 15 is 0 Å². The summed E-state index contributed by atoms with van der Waals surface area (Å²) in [5.74, 6) is 0.753. The molecule has 5 heteroatoms. The van der Waals surface area contributed by atoms with E-state index in [0.29, 0.717) is 0 Å². The largest absolute Gasteiger partial charge is 0.342 e. The SMILES string of the molecule is S=c1nc(-c2ccncn2)[nH]c2c1CCCCC2. The van der Waals surface area contributed by atoms with Crippen molar-refractivity contribution in [3.05, 3.63) is 34.5 Å². The van der Waals surface area contributed by atoms with Gasteiger partial charge in [0.05, 0.1) is 0 Å². The molecule has 0 saturated carbocycles. The van der Waals surface area contributed by atoms with Crippen molar-refractivity contribution < 1.29 is 0 Å². The molecule has 0 fully saturated rings. The zero-order valence-corrected chi connectivity index (χ0v) is 10.8. The standard InChI is InChI=1S/C13H14N4S/c18-13-9-4-2-1-3-5-10(9)16-12(17-13)11-6-7-14-8-15-11/h6-8H,1-5H2,(H,16,17,18). The molecule has 2 aromatic rings. The molecule has 0 aliphatic heterocycles. The van der Waals surface area contributed by atoms with Crippen molar-refractivity contribution in [1.29, 1.82) is 0 Å². The number of aromatic nitrogens is 4. The first-order valence-corrected chi connectivity index (χ1v) is 6.64. The normalized spacial score (nSPS) is 14.9. The van der Waals surface area contributed by atoms with Crippen LogP contribution in [0.25, 0.3) is 11.5 Å². The summed E-state index contributed by atoms with van der Waals surface area (Å²) in [5, 5.41) is 0. The Balaban J connectivity index is 2.11. The van der Waals surface area contributed by atoms with Gasteiger partial charge >= 0.3 is 0 Å². The molecule has 0 atom stereocenters. The summed E-state index contributed by atoms with van der Waals surface area (Å²) >= 11 is 5.41. The van der Waals surface area contributed by atoms with Gasteiger partial charge in [-0.3, -0.25) is 0 Å². The van der Waals surface area contributed by atoms with E-state index in [9.17, 15) is 0 Å². The molecule has 4 nitrogen and oxygen atoms in total. The molecule has 0 radical (unpaired) electrons. The first-order valence-electron chi connectivity index (χ1n) is 6.23. The Morgan fingerprint density at radius 3 is 2.89 bits per heavy atom. The van der Waals surface area contributed by atoms with Crippen LogP contribution in [0.2, 0.25) is 0 Å². The molecule has 1 N–H and O–H groups in total. The van der Waals surface area contributed by atoms with Gasteiger partial charge in [0.2, 0.25) is 0 Å². The summed E-state index contributed by atoms with van der Waals surface area (Å²) in [4.78, 5) is 16.0. The Kier molecular flexibility index (Phi) is 3.15. The molecule has 0 amide bonds. The van der Waals surface area contributed by atoms with Crippen molar-refractivity contribution in [1.82, 2.24) is 19.9 Å². The number of rotatable bonds is 1. The molecular weight excluding hydrogens is 244 g/mol. The molecule has 2 heterocycles. The van der Waals surface area contributed by atoms with Crippen molar-refractivity contribution in [2.45, 2.75) is 32.1 Å². The maximum Gasteiger partial charge on any atom is 0.157 e. The van der Waals surface area contributed by atoms with E-state index in [1.54, 1.807) is 6.20 Å². The molecule has 0 bridgehead atoms. The van der Waals surface area contributed by atoms with Gasteiger partial charge in [0.15, 0.2) is 5.82 Å². The van der Waals surface area contributed by atoms with Crippen LogP contribution in [0.3, 0.4) is 0 Å². The lowest BCUT2D eigenvalue weighted by atomic mass is 10.1. The summed E-state index contributed by atoms with van der Waals surface area (Å²) in [5.41, 5.74) is 3.25. The number of hydrogen-bond acceptors (Lipinski definition) is 4. The molecule has 3 rings (SSSR count). The minimum atomic E-state index is 0.722. The van der Waals surface area contributed by atoms with Crippen LogP contribution >= 0.6 is 12.2 Å². The zero-order chi connectivity index (χ0) is 12.4. The minimum Gasteiger partial charge on any atom is -0.342 e. The summed E-state index contributed by atoms with van der Waals surface area (Å²) in [7, 11) is 0. The maximum atomic E-state index is 5.41. The van der Waals surface area contributed by atoms with Crippen LogP contribution in [0.5, 0.6) is 0 Å². The van der Waals surface area contributed by atoms with Gasteiger partial charge in [0, 0.05) is 17.5 Å². The summed E-state index contributed by atoms with van der Waals surface area (Å²) < 4.78 is 0.722. The molecule has 0 spiro atoms. The number of aryl methyl sites for hydroxylation is 1. The molecule has 1 aliphatic carbocycles. The summed E-state index contributed by atoms with van der Waals surface area (Å²) in [6.45, 7) is 0. The Bertz CT molecular complexity index is 606. The Hall–Kier alpha value is -1.62. The van der Waals surface area contributed by atoms with E-state index in [-0.39, 0.29) is 0 Å². The molecule has 1 aliphatic rings. The number of hydrogen-bond donors (Lipinski definition) is 1. The Morgan fingerprint density at radius 1 is 1.17 bits per heavy atom. The van der Waals surface area contributed by atoms with E-state index in [2.05, 4.69) is 19.9 Å². The highest BCUT2D eigenvalue weighted by Gasteiger charge is 2.13. The van der Waals surface area contributed by atoms with Crippen molar-refractivity contribution >= 4 is 12.2 Å². The second-order valence-corrected chi connectivity index (χ2v) is 4.89. The molecule has 0 saturated heterocycles. The van der Waals surface area contributed by atoms with Gasteiger partial charge in [-0.25, -0.2) is 15.0 Å². The fraction of sp³-hybridized carbons (Fsp3) is 0.385. The smallest absolute Gasteiger partial charge is 0.157 e. The van der Waals surface area contributed by atoms with Crippen molar-refractivity contribution in [2.75, 3.05) is 0 Å². The monoisotopic (exact) mass is 258 g/mol. The lowest BCUT2D eigenvalue weighted by Crippen LogP contribution is -2.02. The van der Waals surface area contributed by atoms with E-state index in [1.807, 2.05) is 6.07 Å². The number of aromatic amines is 1. The molecule has 0 aromatic carbocycles. The highest BCUT2D eigenvalue weighted by Crippen LogP contribution is 2.22. The van der Waals surface area contributed by atoms with Gasteiger partial charge in [0.25, 0.3) is 0 Å². The van der Waals surface area contributed by atoms with Crippen LogP contribution in [-0.2, 0) is 12.8 Å². The average Bonchev–Trinajstić information content (AvgIpc) is 2.65. The van der Waals surface area contributed by atoms with Gasteiger partial charge < -0.3 is 4.98 Å². The van der Waals surface area contributed by atoms with Gasteiger partial charge in [-0.1, -0.05) is 18.6 Å². The Labute approximate surface area is 111 Å². The van der Waals surface area contributed by atoms with Crippen molar-refractivity contribution in [3.8, 4) is 11.5 Å². The minimum absolute atomic E-state index is 0.722. The van der Waals surface area contributed by atoms with Gasteiger partial charge in [-0.05, 0) is 31.7 Å². The van der Waals surface area contributed by atoms with Crippen LogP contribution in [0.1, 0.15) is 30.5 Å². The maximum absolute atomic E-state index is 5.41. The third-order valence-electron chi connectivity index (χ3n) is 3.28. The second-order valence-electron chi connectivity index (χ2n) is 4.50. The fourth-order valence-electron chi connectivity index (χ4n) is 2.35. The summed E-state index contributed by atoms with van der Waals surface area (Å²) in [6, 6.07) is 1.84. The third kappa shape index (κ3) is 2.18. The number of fused-ring (bicyclic) bond motifs is 1. The molecule has 0 unspecified atom stereocenters. The van der Waals surface area contributed by atoms with Crippen LogP contribution in [-0.4, -0.2) is 19.9 Å². The van der Waals surface area contributed by atoms with Crippen LogP contribution in [0.15, 0.2) is 18.6 Å². The van der Waals surface area contributed by atoms with Crippen LogP contribution in [0.4, 0.5) is 0 Å². The first-order chi connectivity index (χ1) is 8.84. The van der Waals surface area contributed by atoms with Crippen molar-refractivity contribution in [3.63, 3.8) is 0 Å². The number of H-pyrrole nitrogens is 1. The number of nitrogens with zero attached hydrogens (tertiary/aromatic N) is 3. The van der Waals surface area contributed by atoms with E-state index in [4.69, 9.17) is 12.2 Å². The van der Waals surface area contributed by atoms with Crippen molar-refractivity contribution in [2.24, 2.45) is 0 Å².